The molecule has 0 saturated carbocycles. The van der Waals surface area contributed by atoms with Gasteiger partial charge in [-0.05, 0) is 6.92 Å². The predicted molar refractivity (Wildman–Crippen MR) is 37.3 cm³/mol. The summed E-state index contributed by atoms with van der Waals surface area (Å²) in [7, 11) is 0. The van der Waals surface area contributed by atoms with Crippen molar-refractivity contribution in [3.8, 4) is 0 Å². The summed E-state index contributed by atoms with van der Waals surface area (Å²) in [6.45, 7) is 0.595. The molecule has 0 aliphatic heterocycles. The minimum atomic E-state index is -6.55. The van der Waals surface area contributed by atoms with Gasteiger partial charge >= 0.3 is 18.0 Å². The molecule has 0 fully saturated rings. The van der Waals surface area contributed by atoms with Crippen molar-refractivity contribution in [3.63, 3.8) is 0 Å². The first-order valence-electron chi connectivity index (χ1n) is 3.58. The number of rotatable bonds is 3. The summed E-state index contributed by atoms with van der Waals surface area (Å²) in [5.74, 6) is -16.3. The van der Waals surface area contributed by atoms with E-state index >= 15 is 0 Å². The minimum absolute atomic E-state index is 0.403. The van der Waals surface area contributed by atoms with E-state index in [0.29, 0.717) is 6.92 Å². The van der Waals surface area contributed by atoms with Crippen LogP contribution >= 0.6 is 0 Å². The van der Waals surface area contributed by atoms with E-state index in [1.807, 2.05) is 0 Å². The highest BCUT2D eigenvalue weighted by Crippen LogP contribution is 2.49. The van der Waals surface area contributed by atoms with Gasteiger partial charge in [-0.3, -0.25) is 4.79 Å². The van der Waals surface area contributed by atoms with Crippen LogP contribution in [0, 0.1) is 0 Å². The molecule has 2 nitrogen and oxygen atoms in total. The molecule has 0 aromatic rings. The molecular weight excluding hydrogens is 249 g/mol. The van der Waals surface area contributed by atoms with E-state index in [1.165, 1.54) is 0 Å². The molecular formula is C7H5F7O2. The Bertz CT molecular complexity index is 315. The lowest BCUT2D eigenvalue weighted by Gasteiger charge is -2.27. The van der Waals surface area contributed by atoms with Crippen LogP contribution in [0.15, 0.2) is 11.8 Å². The Morgan fingerprint density at radius 3 is 1.69 bits per heavy atom. The molecule has 0 rings (SSSR count). The molecule has 94 valence electrons. The molecule has 16 heavy (non-hydrogen) atoms. The van der Waals surface area contributed by atoms with Gasteiger partial charge in [0.1, 0.15) is 0 Å². The molecule has 0 unspecified atom stereocenters. The van der Waals surface area contributed by atoms with Crippen LogP contribution in [0.4, 0.5) is 30.7 Å². The molecule has 0 aromatic heterocycles. The number of alkyl halides is 7. The van der Waals surface area contributed by atoms with Gasteiger partial charge in [0.05, 0.1) is 0 Å². The zero-order valence-corrected chi connectivity index (χ0v) is 7.58. The quantitative estimate of drug-likeness (QED) is 0.477. The van der Waals surface area contributed by atoms with Gasteiger partial charge in [-0.2, -0.15) is 30.7 Å². The molecule has 0 aromatic carbocycles. The highest BCUT2D eigenvalue weighted by molar-refractivity contribution is 5.87. The van der Waals surface area contributed by atoms with E-state index < -0.39 is 35.6 Å². The highest BCUT2D eigenvalue weighted by Gasteiger charge is 2.74. The minimum Gasteiger partial charge on any atom is -0.506 e. The molecule has 0 aliphatic rings. The van der Waals surface area contributed by atoms with Crippen molar-refractivity contribution in [3.05, 3.63) is 11.8 Å². The Kier molecular flexibility index (Phi) is 3.63. The predicted octanol–water partition coefficient (Wildman–Crippen LogP) is 2.85. The van der Waals surface area contributed by atoms with Crippen molar-refractivity contribution in [1.29, 1.82) is 0 Å². The van der Waals surface area contributed by atoms with Crippen LogP contribution in [0.1, 0.15) is 6.92 Å². The summed E-state index contributed by atoms with van der Waals surface area (Å²) >= 11 is 0. The number of allylic oxidation sites excluding steroid dienone is 2. The van der Waals surface area contributed by atoms with Crippen molar-refractivity contribution < 1.29 is 40.6 Å². The van der Waals surface area contributed by atoms with Crippen LogP contribution in [0.2, 0.25) is 0 Å². The van der Waals surface area contributed by atoms with E-state index in [4.69, 9.17) is 5.11 Å². The normalized spacial score (nSPS) is 15.1. The van der Waals surface area contributed by atoms with E-state index in [1.54, 1.807) is 0 Å². The number of hydrogen-bond acceptors (Lipinski definition) is 2. The van der Waals surface area contributed by atoms with Crippen molar-refractivity contribution in [2.45, 2.75) is 24.9 Å². The van der Waals surface area contributed by atoms with Crippen molar-refractivity contribution >= 4 is 5.78 Å². The first kappa shape index (κ1) is 14.7. The van der Waals surface area contributed by atoms with Gasteiger partial charge in [0.25, 0.3) is 0 Å². The maximum atomic E-state index is 12.5. The number of hydrogen-bond donors (Lipinski definition) is 1. The fourth-order valence-electron chi connectivity index (χ4n) is 0.622. The second-order valence-corrected chi connectivity index (χ2v) is 2.79. The van der Waals surface area contributed by atoms with Gasteiger partial charge in [0.2, 0.25) is 0 Å². The molecule has 0 spiro atoms. The number of ketones is 1. The molecule has 0 radical (unpaired) electrons. The first-order valence-corrected chi connectivity index (χ1v) is 3.58. The Balaban J connectivity index is 5.44. The molecule has 9 heteroatoms. The summed E-state index contributed by atoms with van der Waals surface area (Å²) in [4.78, 5) is 10.2. The van der Waals surface area contributed by atoms with Gasteiger partial charge in [0.15, 0.2) is 11.5 Å². The average Bonchev–Trinajstić information content (AvgIpc) is 2.00. The summed E-state index contributed by atoms with van der Waals surface area (Å²) in [5.41, 5.74) is 0. The molecule has 0 saturated heterocycles. The average molecular weight is 254 g/mol. The summed E-state index contributed by atoms with van der Waals surface area (Å²) in [6.07, 6.45) is -6.95. The number of carbonyl (C=O) groups excluding carboxylic acids is 1. The second-order valence-electron chi connectivity index (χ2n) is 2.79. The summed E-state index contributed by atoms with van der Waals surface area (Å²) in [6, 6.07) is 0. The van der Waals surface area contributed by atoms with Crippen molar-refractivity contribution in [1.82, 2.24) is 0 Å². The Morgan fingerprint density at radius 1 is 1.06 bits per heavy atom. The van der Waals surface area contributed by atoms with Crippen molar-refractivity contribution in [2.24, 2.45) is 0 Å². The topological polar surface area (TPSA) is 37.3 Å². The largest absolute Gasteiger partial charge is 0.506 e. The Hall–Kier alpha value is -1.28. The standard InChI is InChI=1S/C7H5F7O2/c1-3(15)2-4(16)5(8,9)6(10,11)7(12,13)14/h2,16H,1H3. The Labute approximate surface area is 84.4 Å². The van der Waals surface area contributed by atoms with Gasteiger partial charge in [-0.25, -0.2) is 0 Å². The lowest BCUT2D eigenvalue weighted by atomic mass is 10.1. The SMILES string of the molecule is CC(=O)C=C(O)C(F)(F)C(F)(F)C(F)(F)F. The molecule has 0 heterocycles. The summed E-state index contributed by atoms with van der Waals surface area (Å²) < 4.78 is 84.2. The third kappa shape index (κ3) is 2.45. The van der Waals surface area contributed by atoms with Gasteiger partial charge < -0.3 is 5.11 Å². The zero-order chi connectivity index (χ0) is 13.4. The van der Waals surface area contributed by atoms with E-state index in [2.05, 4.69) is 0 Å². The number of carbonyl (C=O) groups is 1. The molecule has 0 atom stereocenters. The third-order valence-electron chi connectivity index (χ3n) is 1.41. The van der Waals surface area contributed by atoms with Crippen LogP contribution in [-0.2, 0) is 4.79 Å². The van der Waals surface area contributed by atoms with Crippen LogP contribution in [0.3, 0.4) is 0 Å². The summed E-state index contributed by atoms with van der Waals surface area (Å²) in [5, 5.41) is 8.36. The first-order chi connectivity index (χ1) is 6.84. The van der Waals surface area contributed by atoms with Crippen LogP contribution in [0.5, 0.6) is 0 Å². The number of halogens is 7. The van der Waals surface area contributed by atoms with Gasteiger partial charge in [0, 0.05) is 6.08 Å². The van der Waals surface area contributed by atoms with Crippen LogP contribution in [0.25, 0.3) is 0 Å². The maximum Gasteiger partial charge on any atom is 0.460 e. The second kappa shape index (κ2) is 3.95. The van der Waals surface area contributed by atoms with Crippen LogP contribution < -0.4 is 0 Å². The lowest BCUT2D eigenvalue weighted by molar-refractivity contribution is -0.349. The van der Waals surface area contributed by atoms with Crippen molar-refractivity contribution in [2.75, 3.05) is 0 Å². The van der Waals surface area contributed by atoms with Crippen LogP contribution in [-0.4, -0.2) is 28.9 Å². The fourth-order valence-corrected chi connectivity index (χ4v) is 0.622. The lowest BCUT2D eigenvalue weighted by Crippen LogP contribution is -2.53. The van der Waals surface area contributed by atoms with E-state index in [9.17, 15) is 35.5 Å². The monoisotopic (exact) mass is 254 g/mol. The maximum absolute atomic E-state index is 12.5. The molecule has 0 aliphatic carbocycles. The molecule has 0 bridgehead atoms. The number of aliphatic hydroxyl groups excluding tert-OH is 1. The Morgan fingerprint density at radius 2 is 1.44 bits per heavy atom. The van der Waals surface area contributed by atoms with E-state index in [-0.39, 0.29) is 0 Å². The fraction of sp³-hybridized carbons (Fsp3) is 0.571. The highest BCUT2D eigenvalue weighted by atomic mass is 19.4. The molecule has 1 N–H and O–H groups in total. The molecule has 0 amide bonds. The van der Waals surface area contributed by atoms with E-state index in [0.717, 1.165) is 0 Å². The third-order valence-corrected chi connectivity index (χ3v) is 1.41. The zero-order valence-electron chi connectivity index (χ0n) is 7.58. The van der Waals surface area contributed by atoms with Gasteiger partial charge in [-0.15, -0.1) is 0 Å². The number of aliphatic hydroxyl groups is 1. The van der Waals surface area contributed by atoms with Gasteiger partial charge in [-0.1, -0.05) is 0 Å². The smallest absolute Gasteiger partial charge is 0.460 e.